The van der Waals surface area contributed by atoms with Crippen molar-refractivity contribution in [3.05, 3.63) is 71.3 Å². The summed E-state index contributed by atoms with van der Waals surface area (Å²) in [5.41, 5.74) is -2.22. The van der Waals surface area contributed by atoms with Crippen LogP contribution < -0.4 is 15.5 Å². The molecule has 5 nitrogen and oxygen atoms in total. The summed E-state index contributed by atoms with van der Waals surface area (Å²) in [6.07, 6.45) is -14.3. The molecule has 3 rings (SSSR count). The van der Waals surface area contributed by atoms with Gasteiger partial charge in [-0.3, -0.25) is 15.1 Å². The Balaban J connectivity index is 1.90. The van der Waals surface area contributed by atoms with Gasteiger partial charge in [-0.1, -0.05) is 24.3 Å². The Hall–Kier alpha value is -3.42. The predicted octanol–water partition coefficient (Wildman–Crippen LogP) is 5.21. The van der Waals surface area contributed by atoms with Crippen molar-refractivity contribution in [2.24, 2.45) is 0 Å². The van der Waals surface area contributed by atoms with E-state index >= 15 is 0 Å². The highest BCUT2D eigenvalue weighted by molar-refractivity contribution is 5.94. The van der Waals surface area contributed by atoms with E-state index in [2.05, 4.69) is 10.2 Å². The third kappa shape index (κ3) is 5.73. The Bertz CT molecular complexity index is 1080. The van der Waals surface area contributed by atoms with Gasteiger partial charge in [-0.15, -0.1) is 13.2 Å². The van der Waals surface area contributed by atoms with E-state index in [4.69, 9.17) is 4.84 Å². The van der Waals surface area contributed by atoms with Crippen molar-refractivity contribution in [3.63, 3.8) is 0 Å². The summed E-state index contributed by atoms with van der Waals surface area (Å²) in [6.45, 7) is -1.57. The number of hydrogen-bond donors (Lipinski definition) is 2. The highest BCUT2D eigenvalue weighted by atomic mass is 19.4. The van der Waals surface area contributed by atoms with Crippen LogP contribution in [0.1, 0.15) is 21.5 Å². The maximum atomic E-state index is 14.0. The maximum Gasteiger partial charge on any atom is 0.573 e. The third-order valence-electron chi connectivity index (χ3n) is 4.49. The van der Waals surface area contributed by atoms with Crippen LogP contribution in [0.3, 0.4) is 0 Å². The SMILES string of the molecule is O=C(NCC(F)(F)F)c1ccc(C2=CC(c3cccc(OC(F)(F)F)c3)(C(F)(F)F)ON2)cc1. The van der Waals surface area contributed by atoms with E-state index in [-0.39, 0.29) is 16.8 Å². The molecule has 0 aliphatic carbocycles. The minimum absolute atomic E-state index is 0.0567. The fourth-order valence-electron chi connectivity index (χ4n) is 2.99. The topological polar surface area (TPSA) is 59.6 Å². The lowest BCUT2D eigenvalue weighted by atomic mass is 9.91. The first-order chi connectivity index (χ1) is 15.6. The number of hydroxylamine groups is 1. The van der Waals surface area contributed by atoms with Crippen LogP contribution in [0.4, 0.5) is 39.5 Å². The van der Waals surface area contributed by atoms with Crippen molar-refractivity contribution < 1.29 is 53.9 Å². The first-order valence-corrected chi connectivity index (χ1v) is 9.15. The lowest BCUT2D eigenvalue weighted by molar-refractivity contribution is -0.275. The van der Waals surface area contributed by atoms with Crippen LogP contribution in [0.2, 0.25) is 0 Å². The molecule has 0 saturated heterocycles. The summed E-state index contributed by atoms with van der Waals surface area (Å²) in [5, 5.41) is 1.64. The first-order valence-electron chi connectivity index (χ1n) is 9.15. The normalized spacial score (nSPS) is 18.8. The number of nitrogens with one attached hydrogen (secondary N) is 2. The van der Waals surface area contributed by atoms with Gasteiger partial charge in [0.25, 0.3) is 5.91 Å². The number of halogens is 9. The van der Waals surface area contributed by atoms with Gasteiger partial charge in [0, 0.05) is 11.1 Å². The van der Waals surface area contributed by atoms with Gasteiger partial charge in [0.15, 0.2) is 0 Å². The molecule has 0 spiro atoms. The zero-order chi connectivity index (χ0) is 25.4. The molecular weight excluding hydrogens is 487 g/mol. The molecule has 14 heteroatoms. The number of benzene rings is 2. The lowest BCUT2D eigenvalue weighted by Gasteiger charge is -2.28. The number of carbonyl (C=O) groups excluding carboxylic acids is 1. The zero-order valence-corrected chi connectivity index (χ0v) is 16.5. The summed E-state index contributed by atoms with van der Waals surface area (Å²) in [5.74, 6) is -1.95. The van der Waals surface area contributed by atoms with Crippen LogP contribution in [0.5, 0.6) is 5.75 Å². The highest BCUT2D eigenvalue weighted by Gasteiger charge is 2.59. The summed E-state index contributed by atoms with van der Waals surface area (Å²) < 4.78 is 120. The number of ether oxygens (including phenoxy) is 1. The Labute approximate surface area is 185 Å². The smallest absolute Gasteiger partial charge is 0.406 e. The summed E-state index contributed by atoms with van der Waals surface area (Å²) >= 11 is 0. The van der Waals surface area contributed by atoms with Gasteiger partial charge in [0.05, 0.1) is 5.70 Å². The van der Waals surface area contributed by atoms with E-state index in [1.165, 1.54) is 0 Å². The minimum Gasteiger partial charge on any atom is -0.406 e. The van der Waals surface area contributed by atoms with E-state index in [0.717, 1.165) is 42.5 Å². The molecule has 2 N–H and O–H groups in total. The molecular formula is C20H13F9N2O3. The lowest BCUT2D eigenvalue weighted by Crippen LogP contribution is -2.42. The van der Waals surface area contributed by atoms with Gasteiger partial charge in [-0.05, 0) is 35.9 Å². The largest absolute Gasteiger partial charge is 0.573 e. The number of amides is 1. The third-order valence-corrected chi connectivity index (χ3v) is 4.49. The Morgan fingerprint density at radius 2 is 1.62 bits per heavy atom. The second-order valence-corrected chi connectivity index (χ2v) is 6.95. The molecule has 184 valence electrons. The van der Waals surface area contributed by atoms with Crippen molar-refractivity contribution in [1.29, 1.82) is 0 Å². The van der Waals surface area contributed by atoms with E-state index in [1.54, 1.807) is 5.32 Å². The molecule has 0 aromatic heterocycles. The maximum absolute atomic E-state index is 14.0. The fraction of sp³-hybridized carbons (Fsp3) is 0.250. The molecule has 0 radical (unpaired) electrons. The van der Waals surface area contributed by atoms with Crippen molar-refractivity contribution in [1.82, 2.24) is 10.8 Å². The van der Waals surface area contributed by atoms with Gasteiger partial charge in [-0.25, -0.2) is 0 Å². The molecule has 1 heterocycles. The Kier molecular flexibility index (Phi) is 6.48. The molecule has 2 aromatic rings. The monoisotopic (exact) mass is 500 g/mol. The summed E-state index contributed by atoms with van der Waals surface area (Å²) in [7, 11) is 0. The number of carbonyl (C=O) groups is 1. The molecule has 1 unspecified atom stereocenters. The Morgan fingerprint density at radius 3 is 2.18 bits per heavy atom. The summed E-state index contributed by atoms with van der Waals surface area (Å²) in [6, 6.07) is 7.62. The van der Waals surface area contributed by atoms with E-state index in [9.17, 15) is 44.3 Å². The second kappa shape index (κ2) is 8.74. The molecule has 1 aliphatic rings. The number of rotatable bonds is 5. The molecule has 0 fully saturated rings. The molecule has 0 saturated carbocycles. The van der Waals surface area contributed by atoms with Crippen LogP contribution in [-0.4, -0.2) is 31.2 Å². The zero-order valence-electron chi connectivity index (χ0n) is 16.5. The minimum atomic E-state index is -5.13. The van der Waals surface area contributed by atoms with E-state index < -0.39 is 48.1 Å². The van der Waals surface area contributed by atoms with Gasteiger partial charge in [0.2, 0.25) is 5.60 Å². The average molecular weight is 500 g/mol. The molecule has 1 aliphatic heterocycles. The van der Waals surface area contributed by atoms with Gasteiger partial charge in [0.1, 0.15) is 12.3 Å². The second-order valence-electron chi connectivity index (χ2n) is 6.95. The van der Waals surface area contributed by atoms with Crippen LogP contribution >= 0.6 is 0 Å². The van der Waals surface area contributed by atoms with Crippen molar-refractivity contribution in [3.8, 4) is 5.75 Å². The number of hydrogen-bond acceptors (Lipinski definition) is 4. The average Bonchev–Trinajstić information content (AvgIpc) is 3.17. The van der Waals surface area contributed by atoms with Crippen LogP contribution in [0.25, 0.3) is 5.70 Å². The van der Waals surface area contributed by atoms with Gasteiger partial charge < -0.3 is 10.1 Å². The molecule has 1 amide bonds. The van der Waals surface area contributed by atoms with Crippen LogP contribution in [0, 0.1) is 0 Å². The molecule has 1 atom stereocenters. The van der Waals surface area contributed by atoms with Crippen molar-refractivity contribution in [2.45, 2.75) is 24.3 Å². The van der Waals surface area contributed by atoms with Crippen molar-refractivity contribution in [2.75, 3.05) is 6.54 Å². The molecule has 0 bridgehead atoms. The van der Waals surface area contributed by atoms with Gasteiger partial charge >= 0.3 is 18.7 Å². The fourth-order valence-corrected chi connectivity index (χ4v) is 2.99. The molecule has 2 aromatic carbocycles. The summed E-state index contributed by atoms with van der Waals surface area (Å²) in [4.78, 5) is 16.6. The molecule has 34 heavy (non-hydrogen) atoms. The Morgan fingerprint density at radius 1 is 0.971 bits per heavy atom. The highest BCUT2D eigenvalue weighted by Crippen LogP contribution is 2.48. The quantitative estimate of drug-likeness (QED) is 0.554. The van der Waals surface area contributed by atoms with E-state index in [0.29, 0.717) is 12.1 Å². The van der Waals surface area contributed by atoms with Crippen LogP contribution in [0.15, 0.2) is 54.6 Å². The van der Waals surface area contributed by atoms with Gasteiger partial charge in [-0.2, -0.15) is 26.3 Å². The number of alkyl halides is 9. The van der Waals surface area contributed by atoms with E-state index in [1.807, 2.05) is 0 Å². The standard InChI is InChI=1S/C20H13F9N2O3/c21-18(22,23)10-30-16(32)12-6-4-11(5-7-12)15-9-17(34-31-15,19(24,25)26)13-2-1-3-14(8-13)33-20(27,28)29/h1-9,31H,10H2,(H,30,32). The van der Waals surface area contributed by atoms with Crippen molar-refractivity contribution >= 4 is 11.6 Å². The first kappa shape index (κ1) is 25.2. The van der Waals surface area contributed by atoms with Crippen LogP contribution in [-0.2, 0) is 10.4 Å². The predicted molar refractivity (Wildman–Crippen MR) is 97.9 cm³/mol.